The van der Waals surface area contributed by atoms with Gasteiger partial charge in [0.15, 0.2) is 11.6 Å². The van der Waals surface area contributed by atoms with Gasteiger partial charge in [0.2, 0.25) is 5.91 Å². The van der Waals surface area contributed by atoms with Crippen molar-refractivity contribution < 1.29 is 13.6 Å². The summed E-state index contributed by atoms with van der Waals surface area (Å²) in [5.41, 5.74) is 0.701. The fourth-order valence-corrected chi connectivity index (χ4v) is 2.68. The van der Waals surface area contributed by atoms with Crippen molar-refractivity contribution in [3.63, 3.8) is 0 Å². The van der Waals surface area contributed by atoms with Gasteiger partial charge in [-0.15, -0.1) is 0 Å². The molecule has 0 bridgehead atoms. The van der Waals surface area contributed by atoms with Crippen LogP contribution in [0.15, 0.2) is 18.2 Å². The van der Waals surface area contributed by atoms with Crippen LogP contribution in [0.1, 0.15) is 33.1 Å². The number of hydrogen-bond acceptors (Lipinski definition) is 2. The van der Waals surface area contributed by atoms with E-state index in [0.29, 0.717) is 30.5 Å². The summed E-state index contributed by atoms with van der Waals surface area (Å²) in [7, 11) is 0. The first-order chi connectivity index (χ1) is 10.5. The van der Waals surface area contributed by atoms with E-state index in [2.05, 4.69) is 19.2 Å². The first kappa shape index (κ1) is 16.7. The Morgan fingerprint density at radius 2 is 2.14 bits per heavy atom. The van der Waals surface area contributed by atoms with Gasteiger partial charge in [0.25, 0.3) is 0 Å². The van der Waals surface area contributed by atoms with E-state index < -0.39 is 11.6 Å². The molecule has 22 heavy (non-hydrogen) atoms. The van der Waals surface area contributed by atoms with Crippen molar-refractivity contribution in [2.75, 3.05) is 24.5 Å². The molecule has 0 spiro atoms. The Morgan fingerprint density at radius 1 is 1.36 bits per heavy atom. The van der Waals surface area contributed by atoms with Crippen molar-refractivity contribution >= 4 is 11.6 Å². The van der Waals surface area contributed by atoms with Gasteiger partial charge in [-0.05, 0) is 36.8 Å². The van der Waals surface area contributed by atoms with E-state index in [1.54, 1.807) is 6.07 Å². The molecule has 1 aromatic rings. The van der Waals surface area contributed by atoms with E-state index in [-0.39, 0.29) is 5.91 Å². The average molecular weight is 310 g/mol. The van der Waals surface area contributed by atoms with Crippen LogP contribution in [-0.4, -0.2) is 25.5 Å². The van der Waals surface area contributed by atoms with E-state index in [4.69, 9.17) is 0 Å². The van der Waals surface area contributed by atoms with Crippen LogP contribution in [-0.2, 0) is 4.79 Å². The van der Waals surface area contributed by atoms with Crippen LogP contribution in [0, 0.1) is 23.5 Å². The molecule has 1 unspecified atom stereocenters. The van der Waals surface area contributed by atoms with Gasteiger partial charge >= 0.3 is 0 Å². The van der Waals surface area contributed by atoms with Crippen LogP contribution in [0.2, 0.25) is 0 Å². The minimum absolute atomic E-state index is 0.0972. The lowest BCUT2D eigenvalue weighted by Gasteiger charge is -2.19. The lowest BCUT2D eigenvalue weighted by molar-refractivity contribution is -0.121. The molecule has 5 heteroatoms. The molecule has 2 rings (SSSR count). The molecule has 1 fully saturated rings. The third kappa shape index (κ3) is 4.68. The summed E-state index contributed by atoms with van der Waals surface area (Å²) in [6, 6.07) is 3.99. The Labute approximate surface area is 130 Å². The van der Waals surface area contributed by atoms with Crippen LogP contribution in [0.3, 0.4) is 0 Å². The van der Waals surface area contributed by atoms with Gasteiger partial charge in [0, 0.05) is 37.8 Å². The van der Waals surface area contributed by atoms with Crippen molar-refractivity contribution in [2.45, 2.75) is 33.1 Å². The van der Waals surface area contributed by atoms with Crippen LogP contribution in [0.25, 0.3) is 0 Å². The molecule has 1 aromatic carbocycles. The van der Waals surface area contributed by atoms with Gasteiger partial charge in [0.05, 0.1) is 0 Å². The van der Waals surface area contributed by atoms with Crippen LogP contribution in [0.5, 0.6) is 0 Å². The molecule has 1 N–H and O–H groups in total. The second-order valence-electron chi connectivity index (χ2n) is 6.44. The Kier molecular flexibility index (Phi) is 5.75. The van der Waals surface area contributed by atoms with Crippen LogP contribution >= 0.6 is 0 Å². The van der Waals surface area contributed by atoms with Gasteiger partial charge in [-0.2, -0.15) is 0 Å². The topological polar surface area (TPSA) is 32.3 Å². The predicted molar refractivity (Wildman–Crippen MR) is 83.8 cm³/mol. The van der Waals surface area contributed by atoms with E-state index in [9.17, 15) is 13.6 Å². The Hall–Kier alpha value is -1.65. The molecule has 3 nitrogen and oxygen atoms in total. The lowest BCUT2D eigenvalue weighted by atomic mass is 10.1. The Balaban J connectivity index is 1.78. The molecule has 1 aliphatic heterocycles. The predicted octanol–water partition coefficient (Wildman–Crippen LogP) is 3.34. The molecule has 122 valence electrons. The summed E-state index contributed by atoms with van der Waals surface area (Å²) in [6.07, 6.45) is 2.41. The molecule has 0 saturated carbocycles. The second kappa shape index (κ2) is 7.56. The molecule has 1 heterocycles. The van der Waals surface area contributed by atoms with Gasteiger partial charge in [-0.25, -0.2) is 8.78 Å². The molecule has 0 radical (unpaired) electrons. The molecule has 0 aromatic heterocycles. The summed E-state index contributed by atoms with van der Waals surface area (Å²) in [5, 5.41) is 2.97. The van der Waals surface area contributed by atoms with Crippen molar-refractivity contribution in [1.29, 1.82) is 0 Å². The number of benzene rings is 1. The third-order valence-electron chi connectivity index (χ3n) is 4.09. The minimum atomic E-state index is -0.822. The fraction of sp³-hybridized carbons (Fsp3) is 0.588. The van der Waals surface area contributed by atoms with E-state index in [1.165, 1.54) is 6.07 Å². The Morgan fingerprint density at radius 3 is 2.82 bits per heavy atom. The van der Waals surface area contributed by atoms with Gasteiger partial charge in [-0.1, -0.05) is 13.8 Å². The van der Waals surface area contributed by atoms with Gasteiger partial charge in [0.1, 0.15) is 0 Å². The summed E-state index contributed by atoms with van der Waals surface area (Å²) >= 11 is 0. The maximum absolute atomic E-state index is 13.3. The zero-order valence-corrected chi connectivity index (χ0v) is 13.2. The molecule has 1 aliphatic rings. The number of nitrogens with one attached hydrogen (secondary N) is 1. The average Bonchev–Trinajstić information content (AvgIpc) is 2.94. The van der Waals surface area contributed by atoms with E-state index in [0.717, 1.165) is 32.0 Å². The van der Waals surface area contributed by atoms with E-state index in [1.807, 2.05) is 4.90 Å². The highest BCUT2D eigenvalue weighted by atomic mass is 19.2. The normalized spacial score (nSPS) is 18.0. The standard InChI is InChI=1S/C17H24F2N2O/c1-12(2)3-6-17(22)20-10-13-7-8-21(11-13)14-4-5-15(18)16(19)9-14/h4-5,9,12-13H,3,6-8,10-11H2,1-2H3,(H,20,22). The molecule has 1 amide bonds. The van der Waals surface area contributed by atoms with E-state index >= 15 is 0 Å². The molecular formula is C17H24F2N2O. The highest BCUT2D eigenvalue weighted by Crippen LogP contribution is 2.25. The quantitative estimate of drug-likeness (QED) is 0.874. The first-order valence-electron chi connectivity index (χ1n) is 7.92. The largest absolute Gasteiger partial charge is 0.371 e. The fourth-order valence-electron chi connectivity index (χ4n) is 2.68. The summed E-state index contributed by atoms with van der Waals surface area (Å²) in [4.78, 5) is 13.8. The number of nitrogens with zero attached hydrogens (tertiary/aromatic N) is 1. The smallest absolute Gasteiger partial charge is 0.220 e. The molecular weight excluding hydrogens is 286 g/mol. The number of anilines is 1. The summed E-state index contributed by atoms with van der Waals surface area (Å²) < 4.78 is 26.2. The molecule has 0 aliphatic carbocycles. The number of carbonyl (C=O) groups excluding carboxylic acids is 1. The SMILES string of the molecule is CC(C)CCC(=O)NCC1CCN(c2ccc(F)c(F)c2)C1. The molecule has 1 saturated heterocycles. The maximum Gasteiger partial charge on any atom is 0.220 e. The summed E-state index contributed by atoms with van der Waals surface area (Å²) in [5.74, 6) is -0.656. The first-order valence-corrected chi connectivity index (χ1v) is 7.92. The second-order valence-corrected chi connectivity index (χ2v) is 6.44. The van der Waals surface area contributed by atoms with Crippen molar-refractivity contribution in [2.24, 2.45) is 11.8 Å². The molecule has 1 atom stereocenters. The number of rotatable bonds is 6. The van der Waals surface area contributed by atoms with Crippen LogP contribution < -0.4 is 10.2 Å². The van der Waals surface area contributed by atoms with Gasteiger partial charge in [-0.3, -0.25) is 4.79 Å². The third-order valence-corrected chi connectivity index (χ3v) is 4.09. The maximum atomic E-state index is 13.3. The van der Waals surface area contributed by atoms with Crippen molar-refractivity contribution in [3.8, 4) is 0 Å². The highest BCUT2D eigenvalue weighted by molar-refractivity contribution is 5.75. The minimum Gasteiger partial charge on any atom is -0.371 e. The van der Waals surface area contributed by atoms with Crippen molar-refractivity contribution in [3.05, 3.63) is 29.8 Å². The zero-order chi connectivity index (χ0) is 16.1. The number of amides is 1. The lowest BCUT2D eigenvalue weighted by Crippen LogP contribution is -2.31. The monoisotopic (exact) mass is 310 g/mol. The van der Waals surface area contributed by atoms with Crippen LogP contribution in [0.4, 0.5) is 14.5 Å². The zero-order valence-electron chi connectivity index (χ0n) is 13.2. The number of hydrogen-bond donors (Lipinski definition) is 1. The number of halogens is 2. The van der Waals surface area contributed by atoms with Crippen molar-refractivity contribution in [1.82, 2.24) is 5.32 Å². The number of carbonyl (C=O) groups is 1. The van der Waals surface area contributed by atoms with Gasteiger partial charge < -0.3 is 10.2 Å². The summed E-state index contributed by atoms with van der Waals surface area (Å²) in [6.45, 7) is 6.41. The Bertz CT molecular complexity index is 519. The highest BCUT2D eigenvalue weighted by Gasteiger charge is 2.23.